The predicted octanol–water partition coefficient (Wildman–Crippen LogP) is 4.25. The molecule has 176 valence electrons. The summed E-state index contributed by atoms with van der Waals surface area (Å²) < 4.78 is 42.6. The lowest BCUT2D eigenvalue weighted by molar-refractivity contribution is -0.129. The van der Waals surface area contributed by atoms with E-state index in [1.54, 1.807) is 20.0 Å². The maximum absolute atomic E-state index is 14.4. The molecular weight excluding hydrogens is 429 g/mol. The molecule has 0 fully saturated rings. The van der Waals surface area contributed by atoms with Gasteiger partial charge in [-0.3, -0.25) is 4.79 Å². The third-order valence-corrected chi connectivity index (χ3v) is 5.47. The number of halogens is 3. The Morgan fingerprint density at radius 2 is 1.91 bits per heavy atom. The van der Waals surface area contributed by atoms with Crippen molar-refractivity contribution in [2.45, 2.75) is 39.3 Å². The summed E-state index contributed by atoms with van der Waals surface area (Å²) in [5.41, 5.74) is 6.08. The first-order valence-corrected chi connectivity index (χ1v) is 10.8. The summed E-state index contributed by atoms with van der Waals surface area (Å²) in [6, 6.07) is 12.3. The monoisotopic (exact) mass is 458 g/mol. The molecule has 0 aliphatic rings. The Hall–Kier alpha value is -3.13. The minimum absolute atomic E-state index is 0.0607. The number of carbonyl (C=O) groups excluding carboxylic acids is 1. The summed E-state index contributed by atoms with van der Waals surface area (Å²) in [5.74, 6) is -0.787. The lowest BCUT2D eigenvalue weighted by Gasteiger charge is -2.24. The smallest absolute Gasteiger partial charge is 0.226 e. The van der Waals surface area contributed by atoms with Crippen molar-refractivity contribution in [2.24, 2.45) is 11.1 Å². The van der Waals surface area contributed by atoms with Gasteiger partial charge in [-0.2, -0.15) is 0 Å². The van der Waals surface area contributed by atoms with Gasteiger partial charge in [-0.05, 0) is 30.2 Å². The Labute approximate surface area is 191 Å². The average Bonchev–Trinajstić information content (AvgIpc) is 3.17. The van der Waals surface area contributed by atoms with Crippen LogP contribution < -0.4 is 11.1 Å². The molecule has 33 heavy (non-hydrogen) atoms. The van der Waals surface area contributed by atoms with Crippen LogP contribution >= 0.6 is 0 Å². The normalized spacial score (nSPS) is 12.5. The Kier molecular flexibility index (Phi) is 7.92. The fourth-order valence-electron chi connectivity index (χ4n) is 3.50. The third kappa shape index (κ3) is 6.44. The minimum Gasteiger partial charge on any atom is -0.356 e. The molecule has 0 aliphatic carbocycles. The standard InChI is InChI=1S/C25H29F3N4O/c1-25(2,24(33)30-11-10-19(29)14-26)13-23-31-22(20-12-18(27)8-9-21(20)28)16-32(23)15-17-6-4-3-5-7-17/h3-9,12,16,19H,10-11,13-15,29H2,1-2H3,(H,30,33)/t19-/m0/s1. The van der Waals surface area contributed by atoms with Crippen LogP contribution in [-0.4, -0.2) is 34.7 Å². The molecule has 3 rings (SSSR count). The van der Waals surface area contributed by atoms with Crippen molar-refractivity contribution >= 4 is 5.91 Å². The summed E-state index contributed by atoms with van der Waals surface area (Å²) in [5, 5.41) is 2.80. The second-order valence-corrected chi connectivity index (χ2v) is 8.80. The van der Waals surface area contributed by atoms with Gasteiger partial charge in [-0.25, -0.2) is 18.2 Å². The number of hydrogen-bond donors (Lipinski definition) is 2. The maximum Gasteiger partial charge on any atom is 0.226 e. The molecule has 0 spiro atoms. The zero-order valence-corrected chi connectivity index (χ0v) is 18.8. The van der Waals surface area contributed by atoms with Crippen LogP contribution in [0.2, 0.25) is 0 Å². The first-order chi connectivity index (χ1) is 15.7. The molecule has 0 radical (unpaired) electrons. The highest BCUT2D eigenvalue weighted by Crippen LogP contribution is 2.28. The maximum atomic E-state index is 14.4. The molecule has 1 amide bonds. The Morgan fingerprint density at radius 1 is 1.18 bits per heavy atom. The van der Waals surface area contributed by atoms with E-state index >= 15 is 0 Å². The molecule has 3 N–H and O–H groups in total. The van der Waals surface area contributed by atoms with Gasteiger partial charge in [0.25, 0.3) is 0 Å². The van der Waals surface area contributed by atoms with Crippen LogP contribution in [0.1, 0.15) is 31.7 Å². The number of hydrogen-bond acceptors (Lipinski definition) is 3. The van der Waals surface area contributed by atoms with Gasteiger partial charge in [0.1, 0.15) is 24.1 Å². The SMILES string of the molecule is CC(C)(Cc1nc(-c2cc(F)ccc2F)cn1Cc1ccccc1)C(=O)NCC[C@H](N)CF. The Morgan fingerprint density at radius 3 is 2.61 bits per heavy atom. The number of aromatic nitrogens is 2. The van der Waals surface area contributed by atoms with Gasteiger partial charge in [0.15, 0.2) is 0 Å². The molecule has 0 unspecified atom stereocenters. The highest BCUT2D eigenvalue weighted by Gasteiger charge is 2.30. The molecule has 1 aromatic heterocycles. The summed E-state index contributed by atoms with van der Waals surface area (Å²) >= 11 is 0. The van der Waals surface area contributed by atoms with Gasteiger partial charge < -0.3 is 15.6 Å². The topological polar surface area (TPSA) is 72.9 Å². The Bertz CT molecular complexity index is 1080. The molecule has 2 aromatic carbocycles. The van der Waals surface area contributed by atoms with Crippen LogP contribution in [0.25, 0.3) is 11.3 Å². The number of benzene rings is 2. The van der Waals surface area contributed by atoms with E-state index in [2.05, 4.69) is 10.3 Å². The van der Waals surface area contributed by atoms with Crippen LogP contribution in [0.3, 0.4) is 0 Å². The van der Waals surface area contributed by atoms with Gasteiger partial charge >= 0.3 is 0 Å². The fraction of sp³-hybridized carbons (Fsp3) is 0.360. The third-order valence-electron chi connectivity index (χ3n) is 5.47. The number of carbonyl (C=O) groups is 1. The molecule has 0 saturated carbocycles. The number of nitrogens with zero attached hydrogens (tertiary/aromatic N) is 2. The second kappa shape index (κ2) is 10.7. The zero-order valence-electron chi connectivity index (χ0n) is 18.8. The molecule has 8 heteroatoms. The summed E-state index contributed by atoms with van der Waals surface area (Å²) in [4.78, 5) is 17.4. The summed E-state index contributed by atoms with van der Waals surface area (Å²) in [6.07, 6.45) is 2.27. The van der Waals surface area contributed by atoms with E-state index in [9.17, 15) is 18.0 Å². The number of nitrogens with two attached hydrogens (primary N) is 1. The van der Waals surface area contributed by atoms with Crippen LogP contribution in [0.5, 0.6) is 0 Å². The lowest BCUT2D eigenvalue weighted by atomic mass is 9.87. The number of amides is 1. The van der Waals surface area contributed by atoms with Crippen LogP contribution in [-0.2, 0) is 17.8 Å². The van der Waals surface area contributed by atoms with Crippen molar-refractivity contribution in [3.63, 3.8) is 0 Å². The van der Waals surface area contributed by atoms with Crippen molar-refractivity contribution in [3.05, 3.63) is 77.8 Å². The van der Waals surface area contributed by atoms with Gasteiger partial charge in [-0.15, -0.1) is 0 Å². The number of imidazole rings is 1. The highest BCUT2D eigenvalue weighted by molar-refractivity contribution is 5.82. The van der Waals surface area contributed by atoms with Crippen molar-refractivity contribution < 1.29 is 18.0 Å². The lowest BCUT2D eigenvalue weighted by Crippen LogP contribution is -2.41. The first-order valence-electron chi connectivity index (χ1n) is 10.8. The zero-order chi connectivity index (χ0) is 24.0. The molecule has 0 saturated heterocycles. The van der Waals surface area contributed by atoms with Crippen molar-refractivity contribution in [2.75, 3.05) is 13.2 Å². The molecule has 5 nitrogen and oxygen atoms in total. The predicted molar refractivity (Wildman–Crippen MR) is 122 cm³/mol. The number of nitrogens with one attached hydrogen (secondary N) is 1. The first kappa shape index (κ1) is 24.5. The quantitative estimate of drug-likeness (QED) is 0.477. The van der Waals surface area contributed by atoms with Crippen LogP contribution in [0, 0.1) is 17.0 Å². The van der Waals surface area contributed by atoms with Gasteiger partial charge in [0.2, 0.25) is 5.91 Å². The molecular formula is C25H29F3N4O. The molecule has 1 heterocycles. The largest absolute Gasteiger partial charge is 0.356 e. The van der Waals surface area contributed by atoms with Crippen LogP contribution in [0.4, 0.5) is 13.2 Å². The summed E-state index contributed by atoms with van der Waals surface area (Å²) in [7, 11) is 0. The van der Waals surface area contributed by atoms with E-state index in [1.807, 2.05) is 34.9 Å². The van der Waals surface area contributed by atoms with Crippen molar-refractivity contribution in [1.29, 1.82) is 0 Å². The minimum atomic E-state index is -0.850. The fourth-order valence-corrected chi connectivity index (χ4v) is 3.50. The van der Waals surface area contributed by atoms with Gasteiger partial charge in [0.05, 0.1) is 11.1 Å². The summed E-state index contributed by atoms with van der Waals surface area (Å²) in [6.45, 7) is 3.65. The van der Waals surface area contributed by atoms with E-state index in [-0.39, 0.29) is 24.4 Å². The molecule has 1 atom stereocenters. The average molecular weight is 459 g/mol. The highest BCUT2D eigenvalue weighted by atomic mass is 19.1. The van der Waals surface area contributed by atoms with E-state index in [4.69, 9.17) is 5.73 Å². The van der Waals surface area contributed by atoms with E-state index < -0.39 is 29.8 Å². The molecule has 0 bridgehead atoms. The van der Waals surface area contributed by atoms with Crippen molar-refractivity contribution in [1.82, 2.24) is 14.9 Å². The van der Waals surface area contributed by atoms with Crippen LogP contribution in [0.15, 0.2) is 54.7 Å². The van der Waals surface area contributed by atoms with Crippen molar-refractivity contribution in [3.8, 4) is 11.3 Å². The molecule has 3 aromatic rings. The van der Waals surface area contributed by atoms with Gasteiger partial charge in [-0.1, -0.05) is 44.2 Å². The second-order valence-electron chi connectivity index (χ2n) is 8.80. The van der Waals surface area contributed by atoms with Gasteiger partial charge in [0, 0.05) is 37.3 Å². The Balaban J connectivity index is 1.87. The molecule has 0 aliphatic heterocycles. The number of alkyl halides is 1. The van der Waals surface area contributed by atoms with E-state index in [0.29, 0.717) is 24.5 Å². The number of rotatable bonds is 10. The van der Waals surface area contributed by atoms with E-state index in [1.165, 1.54) is 0 Å². The van der Waals surface area contributed by atoms with E-state index in [0.717, 1.165) is 23.8 Å².